The number of likely N-dealkylation sites (N-methyl/N-ethyl adjacent to an activating group) is 1. The van der Waals surface area contributed by atoms with E-state index >= 15 is 0 Å². The van der Waals surface area contributed by atoms with Crippen LogP contribution in [0.1, 0.15) is 20.3 Å². The number of rotatable bonds is 7. The van der Waals surface area contributed by atoms with E-state index in [-0.39, 0.29) is 0 Å². The molecule has 0 saturated carbocycles. The van der Waals surface area contributed by atoms with Gasteiger partial charge < -0.3 is 10.0 Å². The van der Waals surface area contributed by atoms with Crippen LogP contribution in [0.15, 0.2) is 0 Å². The van der Waals surface area contributed by atoms with Crippen LogP contribution in [0.25, 0.3) is 0 Å². The molecule has 0 spiro atoms. The first-order valence-corrected chi connectivity index (χ1v) is 7.20. The Morgan fingerprint density at radius 1 is 1.21 bits per heavy atom. The molecule has 112 valence electrons. The summed E-state index contributed by atoms with van der Waals surface area (Å²) in [6, 6.07) is 0. The SMILES string of the molecule is CCC(C)(CN1CCN(CCN(C)C)CC1)C(=O)O. The molecule has 19 heavy (non-hydrogen) atoms. The van der Waals surface area contributed by atoms with Crippen LogP contribution in [0.3, 0.4) is 0 Å². The molecule has 1 aliphatic heterocycles. The number of carboxylic acids is 1. The van der Waals surface area contributed by atoms with E-state index in [2.05, 4.69) is 28.8 Å². The minimum Gasteiger partial charge on any atom is -0.481 e. The van der Waals surface area contributed by atoms with E-state index in [4.69, 9.17) is 0 Å². The third-order valence-electron chi connectivity index (χ3n) is 4.20. The molecule has 0 radical (unpaired) electrons. The summed E-state index contributed by atoms with van der Waals surface area (Å²) >= 11 is 0. The third kappa shape index (κ3) is 5.09. The van der Waals surface area contributed by atoms with E-state index in [0.717, 1.165) is 39.3 Å². The van der Waals surface area contributed by atoms with Gasteiger partial charge >= 0.3 is 5.97 Å². The van der Waals surface area contributed by atoms with E-state index in [1.54, 1.807) is 0 Å². The fourth-order valence-electron chi connectivity index (χ4n) is 2.34. The Balaban J connectivity index is 2.35. The summed E-state index contributed by atoms with van der Waals surface area (Å²) in [5.41, 5.74) is -0.605. The fraction of sp³-hybridized carbons (Fsp3) is 0.929. The number of aliphatic carboxylic acids is 1. The molecule has 0 aromatic heterocycles. The highest BCUT2D eigenvalue weighted by Crippen LogP contribution is 2.23. The molecule has 0 bridgehead atoms. The zero-order chi connectivity index (χ0) is 14.5. The second kappa shape index (κ2) is 7.22. The van der Waals surface area contributed by atoms with Crippen LogP contribution >= 0.6 is 0 Å². The van der Waals surface area contributed by atoms with Gasteiger partial charge in [-0.1, -0.05) is 6.92 Å². The van der Waals surface area contributed by atoms with Gasteiger partial charge in [-0.05, 0) is 27.4 Å². The smallest absolute Gasteiger partial charge is 0.310 e. The van der Waals surface area contributed by atoms with Crippen LogP contribution in [-0.2, 0) is 4.79 Å². The summed E-state index contributed by atoms with van der Waals surface area (Å²) in [6.45, 7) is 10.7. The highest BCUT2D eigenvalue weighted by atomic mass is 16.4. The fourth-order valence-corrected chi connectivity index (χ4v) is 2.34. The molecule has 1 aliphatic rings. The normalized spacial score (nSPS) is 21.5. The standard InChI is InChI=1S/C14H29N3O2/c1-5-14(2,13(18)19)12-17-10-8-16(9-11-17)7-6-15(3)4/h5-12H2,1-4H3,(H,18,19). The Morgan fingerprint density at radius 2 is 1.74 bits per heavy atom. The van der Waals surface area contributed by atoms with E-state index in [9.17, 15) is 9.90 Å². The number of hydrogen-bond acceptors (Lipinski definition) is 4. The topological polar surface area (TPSA) is 47.0 Å². The monoisotopic (exact) mass is 271 g/mol. The summed E-state index contributed by atoms with van der Waals surface area (Å²) in [6.07, 6.45) is 0.684. The van der Waals surface area contributed by atoms with Gasteiger partial charge in [-0.3, -0.25) is 14.6 Å². The van der Waals surface area contributed by atoms with Crippen molar-refractivity contribution in [1.82, 2.24) is 14.7 Å². The highest BCUT2D eigenvalue weighted by molar-refractivity contribution is 5.74. The van der Waals surface area contributed by atoms with Crippen LogP contribution in [0.4, 0.5) is 0 Å². The summed E-state index contributed by atoms with van der Waals surface area (Å²) in [7, 11) is 4.19. The van der Waals surface area contributed by atoms with Crippen LogP contribution in [0, 0.1) is 5.41 Å². The molecule has 1 saturated heterocycles. The molecule has 1 heterocycles. The highest BCUT2D eigenvalue weighted by Gasteiger charge is 2.34. The Hall–Kier alpha value is -0.650. The van der Waals surface area contributed by atoms with E-state index < -0.39 is 11.4 Å². The Labute approximate surface area is 117 Å². The van der Waals surface area contributed by atoms with Crippen molar-refractivity contribution in [3.63, 3.8) is 0 Å². The maximum atomic E-state index is 11.3. The molecule has 1 N–H and O–H groups in total. The molecule has 0 aromatic rings. The van der Waals surface area contributed by atoms with Crippen molar-refractivity contribution in [2.75, 3.05) is 59.9 Å². The van der Waals surface area contributed by atoms with Crippen molar-refractivity contribution in [3.8, 4) is 0 Å². The van der Waals surface area contributed by atoms with Gasteiger partial charge in [-0.25, -0.2) is 0 Å². The Kier molecular flexibility index (Phi) is 6.23. The molecule has 0 amide bonds. The number of piperazine rings is 1. The quantitative estimate of drug-likeness (QED) is 0.737. The maximum absolute atomic E-state index is 11.3. The molecule has 1 rings (SSSR count). The average Bonchev–Trinajstić information content (AvgIpc) is 2.37. The lowest BCUT2D eigenvalue weighted by Crippen LogP contribution is -2.51. The van der Waals surface area contributed by atoms with Gasteiger partial charge in [0.15, 0.2) is 0 Å². The first kappa shape index (κ1) is 16.4. The summed E-state index contributed by atoms with van der Waals surface area (Å²) in [5, 5.41) is 9.32. The summed E-state index contributed by atoms with van der Waals surface area (Å²) in [4.78, 5) is 18.3. The average molecular weight is 271 g/mol. The van der Waals surface area contributed by atoms with E-state index in [0.29, 0.717) is 13.0 Å². The first-order valence-electron chi connectivity index (χ1n) is 7.20. The molecule has 0 aromatic carbocycles. The van der Waals surface area contributed by atoms with Crippen molar-refractivity contribution >= 4 is 5.97 Å². The van der Waals surface area contributed by atoms with Crippen molar-refractivity contribution in [3.05, 3.63) is 0 Å². The minimum atomic E-state index is -0.676. The van der Waals surface area contributed by atoms with Gasteiger partial charge in [0.2, 0.25) is 0 Å². The summed E-state index contributed by atoms with van der Waals surface area (Å²) in [5.74, 6) is -0.676. The molecule has 0 aliphatic carbocycles. The van der Waals surface area contributed by atoms with Gasteiger partial charge in [-0.15, -0.1) is 0 Å². The zero-order valence-corrected chi connectivity index (χ0v) is 12.9. The van der Waals surface area contributed by atoms with Crippen molar-refractivity contribution in [2.45, 2.75) is 20.3 Å². The molecular formula is C14H29N3O2. The van der Waals surface area contributed by atoms with Crippen molar-refractivity contribution < 1.29 is 9.90 Å². The number of carbonyl (C=O) groups is 1. The number of nitrogens with zero attached hydrogens (tertiary/aromatic N) is 3. The van der Waals surface area contributed by atoms with Crippen LogP contribution in [0.5, 0.6) is 0 Å². The lowest BCUT2D eigenvalue weighted by Gasteiger charge is -2.38. The number of carboxylic acid groups (broad SMARTS) is 1. The lowest BCUT2D eigenvalue weighted by molar-refractivity contribution is -0.149. The number of hydrogen-bond donors (Lipinski definition) is 1. The molecule has 1 fully saturated rings. The van der Waals surface area contributed by atoms with Gasteiger partial charge in [0.1, 0.15) is 0 Å². The molecular weight excluding hydrogens is 242 g/mol. The van der Waals surface area contributed by atoms with Gasteiger partial charge in [0.25, 0.3) is 0 Å². The second-order valence-corrected chi connectivity index (χ2v) is 6.14. The first-order chi connectivity index (χ1) is 8.87. The predicted molar refractivity (Wildman–Crippen MR) is 77.5 cm³/mol. The molecule has 5 nitrogen and oxygen atoms in total. The van der Waals surface area contributed by atoms with Crippen molar-refractivity contribution in [2.24, 2.45) is 5.41 Å². The minimum absolute atomic E-state index is 0.605. The summed E-state index contributed by atoms with van der Waals surface area (Å²) < 4.78 is 0. The Morgan fingerprint density at radius 3 is 2.16 bits per heavy atom. The Bertz CT molecular complexity index is 288. The predicted octanol–water partition coefficient (Wildman–Crippen LogP) is 0.667. The van der Waals surface area contributed by atoms with Gasteiger partial charge in [-0.2, -0.15) is 0 Å². The third-order valence-corrected chi connectivity index (χ3v) is 4.20. The van der Waals surface area contributed by atoms with Crippen LogP contribution < -0.4 is 0 Å². The largest absolute Gasteiger partial charge is 0.481 e. The zero-order valence-electron chi connectivity index (χ0n) is 12.9. The van der Waals surface area contributed by atoms with Crippen molar-refractivity contribution in [1.29, 1.82) is 0 Å². The van der Waals surface area contributed by atoms with Crippen LogP contribution in [0.2, 0.25) is 0 Å². The molecule has 1 unspecified atom stereocenters. The van der Waals surface area contributed by atoms with Gasteiger partial charge in [0, 0.05) is 45.8 Å². The van der Waals surface area contributed by atoms with Gasteiger partial charge in [0.05, 0.1) is 5.41 Å². The lowest BCUT2D eigenvalue weighted by atomic mass is 9.87. The maximum Gasteiger partial charge on any atom is 0.310 e. The van der Waals surface area contributed by atoms with E-state index in [1.807, 2.05) is 13.8 Å². The van der Waals surface area contributed by atoms with Crippen LogP contribution in [-0.4, -0.2) is 85.7 Å². The molecule has 1 atom stereocenters. The second-order valence-electron chi connectivity index (χ2n) is 6.14. The van der Waals surface area contributed by atoms with E-state index in [1.165, 1.54) is 0 Å². The molecule has 5 heteroatoms.